The fourth-order valence-corrected chi connectivity index (χ4v) is 3.69. The first-order valence-corrected chi connectivity index (χ1v) is 7.51. The lowest BCUT2D eigenvalue weighted by Crippen LogP contribution is -2.43. The van der Waals surface area contributed by atoms with Crippen molar-refractivity contribution in [2.24, 2.45) is 11.3 Å². The number of hydrogen-bond acceptors (Lipinski definition) is 3. The maximum Gasteiger partial charge on any atom is 0.127 e. The average molecular weight is 252 g/mol. The van der Waals surface area contributed by atoms with Crippen LogP contribution in [0, 0.1) is 11.3 Å². The lowest BCUT2D eigenvalue weighted by Gasteiger charge is -2.39. The number of carbonyl (C=O) groups is 1. The molecule has 104 valence electrons. The van der Waals surface area contributed by atoms with Crippen molar-refractivity contribution in [1.29, 1.82) is 0 Å². The Balaban J connectivity index is 1.94. The molecule has 1 saturated carbocycles. The van der Waals surface area contributed by atoms with Crippen molar-refractivity contribution in [2.75, 3.05) is 39.8 Å². The van der Waals surface area contributed by atoms with Crippen LogP contribution in [0.5, 0.6) is 0 Å². The van der Waals surface area contributed by atoms with Gasteiger partial charge in [-0.25, -0.2) is 0 Å². The van der Waals surface area contributed by atoms with Gasteiger partial charge in [0.15, 0.2) is 0 Å². The van der Waals surface area contributed by atoms with Gasteiger partial charge in [-0.3, -0.25) is 0 Å². The van der Waals surface area contributed by atoms with Crippen LogP contribution in [-0.2, 0) is 4.79 Å². The van der Waals surface area contributed by atoms with Crippen molar-refractivity contribution >= 4 is 6.29 Å². The zero-order valence-corrected chi connectivity index (χ0v) is 12.0. The summed E-state index contributed by atoms with van der Waals surface area (Å²) in [5.41, 5.74) is -0.0411. The van der Waals surface area contributed by atoms with E-state index in [-0.39, 0.29) is 5.41 Å². The summed E-state index contributed by atoms with van der Waals surface area (Å²) in [5.74, 6) is 0.721. The van der Waals surface area contributed by atoms with Crippen LogP contribution < -0.4 is 0 Å². The summed E-state index contributed by atoms with van der Waals surface area (Å²) in [6.45, 7) is 7.92. The molecule has 0 bridgehead atoms. The molecular formula is C15H28N2O. The highest BCUT2D eigenvalue weighted by molar-refractivity contribution is 5.60. The summed E-state index contributed by atoms with van der Waals surface area (Å²) < 4.78 is 0. The first kappa shape index (κ1) is 14.0. The fourth-order valence-electron chi connectivity index (χ4n) is 3.69. The number of carbonyl (C=O) groups excluding carboxylic acids is 1. The van der Waals surface area contributed by atoms with Gasteiger partial charge in [0.25, 0.3) is 0 Å². The lowest BCUT2D eigenvalue weighted by atomic mass is 9.70. The van der Waals surface area contributed by atoms with E-state index in [1.54, 1.807) is 0 Å². The molecule has 0 N–H and O–H groups in total. The molecule has 0 aromatic heterocycles. The number of aldehydes is 1. The van der Waals surface area contributed by atoms with E-state index in [1.165, 1.54) is 32.1 Å². The van der Waals surface area contributed by atoms with E-state index in [9.17, 15) is 4.79 Å². The topological polar surface area (TPSA) is 23.6 Å². The molecule has 1 heterocycles. The first-order valence-electron chi connectivity index (χ1n) is 7.51. The molecule has 0 amide bonds. The molecule has 0 radical (unpaired) electrons. The standard InChI is InChI=1S/C15H28N2O/c1-14-5-3-6-15(11-14,13-18)12-17-8-4-7-16(2)9-10-17/h13-14H,3-12H2,1-2H3. The molecule has 0 aromatic carbocycles. The Hall–Kier alpha value is -0.410. The highest BCUT2D eigenvalue weighted by Gasteiger charge is 2.36. The smallest absolute Gasteiger partial charge is 0.127 e. The predicted octanol–water partition coefficient (Wildman–Crippen LogP) is 2.02. The molecule has 2 atom stereocenters. The molecular weight excluding hydrogens is 224 g/mol. The zero-order chi connectivity index (χ0) is 13.0. The summed E-state index contributed by atoms with van der Waals surface area (Å²) in [6, 6.07) is 0. The number of rotatable bonds is 3. The van der Waals surface area contributed by atoms with Crippen molar-refractivity contribution in [3.8, 4) is 0 Å². The van der Waals surface area contributed by atoms with Gasteiger partial charge in [-0.15, -0.1) is 0 Å². The van der Waals surface area contributed by atoms with Crippen LogP contribution in [0.1, 0.15) is 39.0 Å². The minimum Gasteiger partial charge on any atom is -0.305 e. The van der Waals surface area contributed by atoms with E-state index < -0.39 is 0 Å². The van der Waals surface area contributed by atoms with E-state index in [1.807, 2.05) is 0 Å². The Morgan fingerprint density at radius 1 is 1.22 bits per heavy atom. The van der Waals surface area contributed by atoms with Gasteiger partial charge in [0.2, 0.25) is 0 Å². The Morgan fingerprint density at radius 2 is 2.06 bits per heavy atom. The number of hydrogen-bond donors (Lipinski definition) is 0. The SMILES string of the molecule is CC1CCCC(C=O)(CN2CCCN(C)CC2)C1. The quantitative estimate of drug-likeness (QED) is 0.718. The van der Waals surface area contributed by atoms with Crippen LogP contribution in [0.15, 0.2) is 0 Å². The molecule has 3 heteroatoms. The van der Waals surface area contributed by atoms with Crippen LogP contribution in [0.3, 0.4) is 0 Å². The molecule has 1 aliphatic carbocycles. The number of likely N-dealkylation sites (N-methyl/N-ethyl adjacent to an activating group) is 1. The van der Waals surface area contributed by atoms with Crippen LogP contribution in [-0.4, -0.2) is 55.9 Å². The Morgan fingerprint density at radius 3 is 2.78 bits per heavy atom. The summed E-state index contributed by atoms with van der Waals surface area (Å²) in [6.07, 6.45) is 7.25. The van der Waals surface area contributed by atoms with E-state index in [2.05, 4.69) is 23.8 Å². The Bertz CT molecular complexity index is 282. The minimum absolute atomic E-state index is 0.0411. The highest BCUT2D eigenvalue weighted by atomic mass is 16.1. The molecule has 0 spiro atoms. The van der Waals surface area contributed by atoms with Crippen molar-refractivity contribution in [3.05, 3.63) is 0 Å². The lowest BCUT2D eigenvalue weighted by molar-refractivity contribution is -0.120. The molecule has 18 heavy (non-hydrogen) atoms. The molecule has 3 nitrogen and oxygen atoms in total. The van der Waals surface area contributed by atoms with Crippen molar-refractivity contribution in [3.63, 3.8) is 0 Å². The molecule has 2 rings (SSSR count). The third-order valence-corrected chi connectivity index (χ3v) is 4.73. The van der Waals surface area contributed by atoms with Gasteiger partial charge >= 0.3 is 0 Å². The summed E-state index contributed by atoms with van der Waals surface area (Å²) in [5, 5.41) is 0. The van der Waals surface area contributed by atoms with E-state index in [4.69, 9.17) is 0 Å². The maximum atomic E-state index is 11.6. The van der Waals surface area contributed by atoms with E-state index >= 15 is 0 Å². The third-order valence-electron chi connectivity index (χ3n) is 4.73. The molecule has 2 unspecified atom stereocenters. The van der Waals surface area contributed by atoms with Gasteiger partial charge < -0.3 is 14.6 Å². The predicted molar refractivity (Wildman–Crippen MR) is 74.7 cm³/mol. The largest absolute Gasteiger partial charge is 0.305 e. The van der Waals surface area contributed by atoms with Gasteiger partial charge in [0, 0.05) is 25.0 Å². The molecule has 0 aromatic rings. The molecule has 1 saturated heterocycles. The van der Waals surface area contributed by atoms with Crippen molar-refractivity contribution < 1.29 is 4.79 Å². The van der Waals surface area contributed by atoms with E-state index in [0.29, 0.717) is 0 Å². The monoisotopic (exact) mass is 252 g/mol. The molecule has 2 fully saturated rings. The van der Waals surface area contributed by atoms with Crippen molar-refractivity contribution in [2.45, 2.75) is 39.0 Å². The maximum absolute atomic E-state index is 11.6. The summed E-state index contributed by atoms with van der Waals surface area (Å²) in [7, 11) is 2.20. The molecule has 1 aliphatic heterocycles. The zero-order valence-electron chi connectivity index (χ0n) is 12.0. The van der Waals surface area contributed by atoms with Crippen LogP contribution >= 0.6 is 0 Å². The second-order valence-corrected chi connectivity index (χ2v) is 6.61. The van der Waals surface area contributed by atoms with Crippen LogP contribution in [0.4, 0.5) is 0 Å². The average Bonchev–Trinajstić information content (AvgIpc) is 2.54. The normalized spacial score (nSPS) is 36.2. The molecule has 2 aliphatic rings. The summed E-state index contributed by atoms with van der Waals surface area (Å²) in [4.78, 5) is 16.5. The fraction of sp³-hybridized carbons (Fsp3) is 0.933. The Labute approximate surface area is 112 Å². The highest BCUT2D eigenvalue weighted by Crippen LogP contribution is 2.38. The summed E-state index contributed by atoms with van der Waals surface area (Å²) >= 11 is 0. The van der Waals surface area contributed by atoms with E-state index in [0.717, 1.165) is 44.9 Å². The third kappa shape index (κ3) is 3.55. The van der Waals surface area contributed by atoms with Gasteiger partial charge in [0.1, 0.15) is 6.29 Å². The van der Waals surface area contributed by atoms with Gasteiger partial charge in [-0.2, -0.15) is 0 Å². The Kier molecular flexibility index (Phi) is 4.79. The van der Waals surface area contributed by atoms with Crippen LogP contribution in [0.25, 0.3) is 0 Å². The first-order chi connectivity index (χ1) is 8.63. The second-order valence-electron chi connectivity index (χ2n) is 6.61. The van der Waals surface area contributed by atoms with Crippen molar-refractivity contribution in [1.82, 2.24) is 9.80 Å². The minimum atomic E-state index is -0.0411. The van der Waals surface area contributed by atoms with Gasteiger partial charge in [-0.05, 0) is 45.3 Å². The van der Waals surface area contributed by atoms with Gasteiger partial charge in [-0.1, -0.05) is 19.8 Å². The van der Waals surface area contributed by atoms with Crippen LogP contribution in [0.2, 0.25) is 0 Å². The van der Waals surface area contributed by atoms with Gasteiger partial charge in [0.05, 0.1) is 0 Å². The second kappa shape index (κ2) is 6.16. The number of nitrogens with zero attached hydrogens (tertiary/aromatic N) is 2.